The summed E-state index contributed by atoms with van der Waals surface area (Å²) in [6.07, 6.45) is 0. The summed E-state index contributed by atoms with van der Waals surface area (Å²) in [6, 6.07) is 9.07. The molecule has 1 aromatic carbocycles. The molecule has 1 aromatic heterocycles. The first-order valence-corrected chi connectivity index (χ1v) is 6.63. The van der Waals surface area contributed by atoms with E-state index in [2.05, 4.69) is 11.1 Å². The van der Waals surface area contributed by atoms with Gasteiger partial charge in [-0.2, -0.15) is 10.2 Å². The molecule has 0 fully saturated rings. The fourth-order valence-electron chi connectivity index (χ4n) is 2.02. The molecule has 0 aliphatic rings. The normalized spacial score (nSPS) is 10.0. The molecule has 0 spiro atoms. The molecule has 21 heavy (non-hydrogen) atoms. The van der Waals surface area contributed by atoms with Gasteiger partial charge in [0.25, 0.3) is 0 Å². The molecule has 108 valence electrons. The van der Waals surface area contributed by atoms with Crippen LogP contribution in [0, 0.1) is 25.2 Å². The zero-order valence-corrected chi connectivity index (χ0v) is 12.3. The first kappa shape index (κ1) is 14.7. The van der Waals surface area contributed by atoms with Crippen LogP contribution in [0.1, 0.15) is 23.6 Å². The summed E-state index contributed by atoms with van der Waals surface area (Å²) < 4.78 is 11.2. The van der Waals surface area contributed by atoms with Crippen LogP contribution in [0.5, 0.6) is 17.5 Å². The Morgan fingerprint density at radius 1 is 1.24 bits per heavy atom. The quantitative estimate of drug-likeness (QED) is 0.930. The SMILES string of the molecule is CCOc1nc(Oc2c(C)cc(C#N)cc2C)ccc1N. The molecule has 5 heteroatoms. The van der Waals surface area contributed by atoms with Gasteiger partial charge in [0.15, 0.2) is 0 Å². The number of aryl methyl sites for hydroxylation is 2. The number of nitrogens with zero attached hydrogens (tertiary/aromatic N) is 2. The van der Waals surface area contributed by atoms with Crippen LogP contribution in [0.15, 0.2) is 24.3 Å². The van der Waals surface area contributed by atoms with E-state index in [-0.39, 0.29) is 0 Å². The fraction of sp³-hybridized carbons (Fsp3) is 0.250. The number of nitriles is 1. The highest BCUT2D eigenvalue weighted by atomic mass is 16.5. The molecule has 0 amide bonds. The maximum Gasteiger partial charge on any atom is 0.240 e. The van der Waals surface area contributed by atoms with Crippen molar-refractivity contribution in [2.24, 2.45) is 0 Å². The lowest BCUT2D eigenvalue weighted by atomic mass is 10.1. The van der Waals surface area contributed by atoms with Crippen LogP contribution in [0.2, 0.25) is 0 Å². The van der Waals surface area contributed by atoms with Gasteiger partial charge in [0.05, 0.1) is 23.9 Å². The van der Waals surface area contributed by atoms with Crippen LogP contribution < -0.4 is 15.2 Å². The first-order chi connectivity index (χ1) is 10.0. The molecule has 0 atom stereocenters. The van der Waals surface area contributed by atoms with Gasteiger partial charge in [-0.05, 0) is 50.1 Å². The second-order valence-electron chi connectivity index (χ2n) is 4.63. The van der Waals surface area contributed by atoms with Crippen molar-refractivity contribution in [3.8, 4) is 23.6 Å². The topological polar surface area (TPSA) is 81.2 Å². The molecule has 2 rings (SSSR count). The van der Waals surface area contributed by atoms with Crippen molar-refractivity contribution in [3.05, 3.63) is 41.0 Å². The van der Waals surface area contributed by atoms with Gasteiger partial charge in [0, 0.05) is 6.07 Å². The van der Waals surface area contributed by atoms with Gasteiger partial charge in [0.2, 0.25) is 11.8 Å². The van der Waals surface area contributed by atoms with E-state index in [9.17, 15) is 0 Å². The summed E-state index contributed by atoms with van der Waals surface area (Å²) in [5.41, 5.74) is 8.62. The number of nitrogens with two attached hydrogens (primary N) is 1. The van der Waals surface area contributed by atoms with Crippen LogP contribution in [-0.4, -0.2) is 11.6 Å². The van der Waals surface area contributed by atoms with E-state index in [0.29, 0.717) is 35.4 Å². The molecular formula is C16H17N3O2. The number of hydrogen-bond donors (Lipinski definition) is 1. The standard InChI is InChI=1S/C16H17N3O2/c1-4-20-16-13(18)5-6-14(19-16)21-15-10(2)7-12(9-17)8-11(15)3/h5-8H,4,18H2,1-3H3. The summed E-state index contributed by atoms with van der Waals surface area (Å²) in [5.74, 6) is 1.45. The maximum atomic E-state index is 8.96. The summed E-state index contributed by atoms with van der Waals surface area (Å²) in [4.78, 5) is 4.25. The number of pyridine rings is 1. The van der Waals surface area contributed by atoms with Crippen molar-refractivity contribution in [3.63, 3.8) is 0 Å². The minimum atomic E-state index is 0.360. The summed E-state index contributed by atoms with van der Waals surface area (Å²) in [6.45, 7) is 6.13. The lowest BCUT2D eigenvalue weighted by Crippen LogP contribution is -2.01. The molecule has 0 unspecified atom stereocenters. The van der Waals surface area contributed by atoms with Gasteiger partial charge in [-0.25, -0.2) is 0 Å². The average molecular weight is 283 g/mol. The van der Waals surface area contributed by atoms with E-state index in [1.54, 1.807) is 24.3 Å². The number of hydrogen-bond acceptors (Lipinski definition) is 5. The van der Waals surface area contributed by atoms with Crippen molar-refractivity contribution >= 4 is 5.69 Å². The minimum Gasteiger partial charge on any atom is -0.476 e. The number of aromatic nitrogens is 1. The Hall–Kier alpha value is -2.74. The molecule has 0 radical (unpaired) electrons. The largest absolute Gasteiger partial charge is 0.476 e. The fourth-order valence-corrected chi connectivity index (χ4v) is 2.02. The van der Waals surface area contributed by atoms with Crippen molar-refractivity contribution in [2.45, 2.75) is 20.8 Å². The third-order valence-corrected chi connectivity index (χ3v) is 2.94. The molecular weight excluding hydrogens is 266 g/mol. The van der Waals surface area contributed by atoms with Gasteiger partial charge in [0.1, 0.15) is 5.75 Å². The van der Waals surface area contributed by atoms with Crippen molar-refractivity contribution in [2.75, 3.05) is 12.3 Å². The molecule has 2 N–H and O–H groups in total. The zero-order chi connectivity index (χ0) is 15.4. The minimum absolute atomic E-state index is 0.360. The number of nitrogen functional groups attached to an aromatic ring is 1. The number of benzene rings is 1. The molecule has 0 saturated heterocycles. The highest BCUT2D eigenvalue weighted by Gasteiger charge is 2.10. The maximum absolute atomic E-state index is 8.96. The van der Waals surface area contributed by atoms with E-state index in [1.807, 2.05) is 20.8 Å². The molecule has 0 saturated carbocycles. The van der Waals surface area contributed by atoms with E-state index in [1.165, 1.54) is 0 Å². The number of anilines is 1. The first-order valence-electron chi connectivity index (χ1n) is 6.63. The molecule has 0 bridgehead atoms. The monoisotopic (exact) mass is 283 g/mol. The lowest BCUT2D eigenvalue weighted by molar-refractivity contribution is 0.322. The van der Waals surface area contributed by atoms with E-state index >= 15 is 0 Å². The number of ether oxygens (including phenoxy) is 2. The Balaban J connectivity index is 2.35. The number of rotatable bonds is 4. The van der Waals surface area contributed by atoms with E-state index in [4.69, 9.17) is 20.5 Å². The Kier molecular flexibility index (Phi) is 4.29. The summed E-state index contributed by atoms with van der Waals surface area (Å²) in [7, 11) is 0. The second-order valence-corrected chi connectivity index (χ2v) is 4.63. The molecule has 0 aliphatic carbocycles. The third-order valence-electron chi connectivity index (χ3n) is 2.94. The van der Waals surface area contributed by atoms with Gasteiger partial charge in [-0.1, -0.05) is 0 Å². The van der Waals surface area contributed by atoms with Crippen molar-refractivity contribution in [1.82, 2.24) is 4.98 Å². The third kappa shape index (κ3) is 3.23. The molecule has 0 aliphatic heterocycles. The van der Waals surface area contributed by atoms with E-state index < -0.39 is 0 Å². The van der Waals surface area contributed by atoms with Crippen LogP contribution in [0.25, 0.3) is 0 Å². The highest BCUT2D eigenvalue weighted by Crippen LogP contribution is 2.31. The predicted molar refractivity (Wildman–Crippen MR) is 80.5 cm³/mol. The predicted octanol–water partition coefficient (Wildman–Crippen LogP) is 3.34. The van der Waals surface area contributed by atoms with Crippen LogP contribution in [0.3, 0.4) is 0 Å². The van der Waals surface area contributed by atoms with Gasteiger partial charge < -0.3 is 15.2 Å². The van der Waals surface area contributed by atoms with Crippen LogP contribution in [-0.2, 0) is 0 Å². The summed E-state index contributed by atoms with van der Waals surface area (Å²) >= 11 is 0. The second kappa shape index (κ2) is 6.14. The van der Waals surface area contributed by atoms with E-state index in [0.717, 1.165) is 11.1 Å². The zero-order valence-electron chi connectivity index (χ0n) is 12.3. The Morgan fingerprint density at radius 2 is 1.90 bits per heavy atom. The van der Waals surface area contributed by atoms with Gasteiger partial charge >= 0.3 is 0 Å². The van der Waals surface area contributed by atoms with Crippen molar-refractivity contribution < 1.29 is 9.47 Å². The van der Waals surface area contributed by atoms with Gasteiger partial charge in [-0.3, -0.25) is 0 Å². The highest BCUT2D eigenvalue weighted by molar-refractivity contribution is 5.51. The molecule has 5 nitrogen and oxygen atoms in total. The van der Waals surface area contributed by atoms with Crippen LogP contribution in [0.4, 0.5) is 5.69 Å². The summed E-state index contributed by atoms with van der Waals surface area (Å²) in [5, 5.41) is 8.96. The Labute approximate surface area is 123 Å². The van der Waals surface area contributed by atoms with Gasteiger partial charge in [-0.15, -0.1) is 0 Å². The van der Waals surface area contributed by atoms with Crippen LogP contribution >= 0.6 is 0 Å². The van der Waals surface area contributed by atoms with Crippen molar-refractivity contribution in [1.29, 1.82) is 5.26 Å². The molecule has 1 heterocycles. The molecule has 2 aromatic rings. The smallest absolute Gasteiger partial charge is 0.240 e. The average Bonchev–Trinajstić information content (AvgIpc) is 2.46. The Morgan fingerprint density at radius 3 is 2.48 bits per heavy atom. The lowest BCUT2D eigenvalue weighted by Gasteiger charge is -2.13. The Bertz CT molecular complexity index is 682.